The van der Waals surface area contributed by atoms with E-state index < -0.39 is 11.0 Å². The second-order valence-electron chi connectivity index (χ2n) is 3.66. The molecule has 6 nitrogen and oxygen atoms in total. The van der Waals surface area contributed by atoms with Crippen LogP contribution >= 0.6 is 0 Å². The van der Waals surface area contributed by atoms with Crippen molar-refractivity contribution in [3.8, 4) is 6.07 Å². The fourth-order valence-electron chi connectivity index (χ4n) is 1.31. The number of aliphatic hydroxyl groups excluding tert-OH is 1. The average Bonchev–Trinajstić information content (AvgIpc) is 2.28. The van der Waals surface area contributed by atoms with E-state index >= 15 is 0 Å². The third kappa shape index (κ3) is 3.74. The van der Waals surface area contributed by atoms with Gasteiger partial charge in [-0.15, -0.1) is 0 Å². The Morgan fingerprint density at radius 1 is 1.65 bits per heavy atom. The Bertz CT molecular complexity index is 452. The number of nitrogens with zero attached hydrogens (tertiary/aromatic N) is 2. The molecule has 0 saturated carbocycles. The molecular weight excluding hydrogens is 222 g/mol. The number of hydrogen-bond acceptors (Lipinski definition) is 5. The summed E-state index contributed by atoms with van der Waals surface area (Å²) in [6.45, 7) is 2.17. The zero-order valence-electron chi connectivity index (χ0n) is 9.38. The Kier molecular flexibility index (Phi) is 4.43. The van der Waals surface area contributed by atoms with Crippen molar-refractivity contribution < 1.29 is 10.0 Å². The number of nitro benzene ring substituents is 1. The van der Waals surface area contributed by atoms with Crippen LogP contribution in [0.1, 0.15) is 18.9 Å². The molecule has 0 aromatic heterocycles. The van der Waals surface area contributed by atoms with E-state index in [4.69, 9.17) is 10.4 Å². The summed E-state index contributed by atoms with van der Waals surface area (Å²) >= 11 is 0. The fraction of sp³-hybridized carbons (Fsp3) is 0.364. The molecule has 0 aliphatic heterocycles. The second-order valence-corrected chi connectivity index (χ2v) is 3.66. The first-order chi connectivity index (χ1) is 8.04. The lowest BCUT2D eigenvalue weighted by atomic mass is 10.1. The van der Waals surface area contributed by atoms with Crippen LogP contribution in [-0.4, -0.2) is 22.7 Å². The van der Waals surface area contributed by atoms with Crippen LogP contribution in [0.2, 0.25) is 0 Å². The van der Waals surface area contributed by atoms with E-state index in [1.54, 1.807) is 6.92 Å². The van der Waals surface area contributed by atoms with Gasteiger partial charge in [0.05, 0.1) is 22.3 Å². The average molecular weight is 235 g/mol. The lowest BCUT2D eigenvalue weighted by Gasteiger charge is -2.09. The number of benzene rings is 1. The van der Waals surface area contributed by atoms with Crippen molar-refractivity contribution in [2.75, 3.05) is 11.9 Å². The number of anilines is 1. The highest BCUT2D eigenvalue weighted by atomic mass is 16.6. The minimum atomic E-state index is -0.541. The largest absolute Gasteiger partial charge is 0.393 e. The van der Waals surface area contributed by atoms with Gasteiger partial charge in [0, 0.05) is 18.7 Å². The number of nitrogens with one attached hydrogen (secondary N) is 1. The monoisotopic (exact) mass is 235 g/mol. The van der Waals surface area contributed by atoms with E-state index in [1.807, 2.05) is 6.07 Å². The number of nitriles is 1. The molecule has 1 atom stereocenters. The first-order valence-corrected chi connectivity index (χ1v) is 5.15. The minimum absolute atomic E-state index is 0.109. The van der Waals surface area contributed by atoms with Gasteiger partial charge in [0.2, 0.25) is 0 Å². The van der Waals surface area contributed by atoms with Crippen LogP contribution < -0.4 is 5.32 Å². The van der Waals surface area contributed by atoms with Crippen molar-refractivity contribution in [1.29, 1.82) is 5.26 Å². The molecule has 0 spiro atoms. The topological polar surface area (TPSA) is 99.2 Å². The van der Waals surface area contributed by atoms with Gasteiger partial charge in [0.25, 0.3) is 5.69 Å². The van der Waals surface area contributed by atoms with Crippen molar-refractivity contribution in [3.05, 3.63) is 33.9 Å². The second kappa shape index (κ2) is 5.82. The highest BCUT2D eigenvalue weighted by Crippen LogP contribution is 2.21. The van der Waals surface area contributed by atoms with Gasteiger partial charge in [-0.1, -0.05) is 0 Å². The molecule has 1 aromatic rings. The molecule has 2 N–H and O–H groups in total. The van der Waals surface area contributed by atoms with Crippen molar-refractivity contribution in [2.24, 2.45) is 0 Å². The normalized spacial score (nSPS) is 11.6. The van der Waals surface area contributed by atoms with Crippen molar-refractivity contribution in [1.82, 2.24) is 0 Å². The van der Waals surface area contributed by atoms with E-state index in [0.717, 1.165) is 0 Å². The number of non-ortho nitro benzene ring substituents is 1. The van der Waals surface area contributed by atoms with Gasteiger partial charge in [0.15, 0.2) is 0 Å². The fourth-order valence-corrected chi connectivity index (χ4v) is 1.31. The maximum Gasteiger partial charge on any atom is 0.270 e. The summed E-state index contributed by atoms with van der Waals surface area (Å²) in [5.41, 5.74) is 0.658. The molecule has 0 aliphatic rings. The molecule has 6 heteroatoms. The number of hydrogen-bond donors (Lipinski definition) is 2. The van der Waals surface area contributed by atoms with Crippen LogP contribution in [0, 0.1) is 21.4 Å². The van der Waals surface area contributed by atoms with Crippen LogP contribution in [0.25, 0.3) is 0 Å². The molecule has 1 aromatic carbocycles. The molecule has 0 aliphatic carbocycles. The summed E-state index contributed by atoms with van der Waals surface area (Å²) in [5.74, 6) is 0. The molecule has 0 fully saturated rings. The van der Waals surface area contributed by atoms with Gasteiger partial charge in [-0.2, -0.15) is 5.26 Å². The van der Waals surface area contributed by atoms with Gasteiger partial charge < -0.3 is 10.4 Å². The molecule has 0 amide bonds. The van der Waals surface area contributed by atoms with Crippen molar-refractivity contribution in [3.63, 3.8) is 0 Å². The zero-order chi connectivity index (χ0) is 12.8. The van der Waals surface area contributed by atoms with Crippen LogP contribution in [0.4, 0.5) is 11.4 Å². The quantitative estimate of drug-likeness (QED) is 0.597. The van der Waals surface area contributed by atoms with Crippen LogP contribution in [0.5, 0.6) is 0 Å². The van der Waals surface area contributed by atoms with Crippen LogP contribution in [0.15, 0.2) is 18.2 Å². The Labute approximate surface area is 98.6 Å². The maximum atomic E-state index is 10.5. The van der Waals surface area contributed by atoms with Gasteiger partial charge in [-0.3, -0.25) is 10.1 Å². The standard InChI is InChI=1S/C11H13N3O3/c1-8(15)4-5-13-11-3-2-10(14(16)17)6-9(11)7-12/h2-3,6,8,13,15H,4-5H2,1H3. The van der Waals surface area contributed by atoms with Crippen LogP contribution in [-0.2, 0) is 0 Å². The zero-order valence-corrected chi connectivity index (χ0v) is 9.38. The number of rotatable bonds is 5. The lowest BCUT2D eigenvalue weighted by molar-refractivity contribution is -0.384. The van der Waals surface area contributed by atoms with Crippen LogP contribution in [0.3, 0.4) is 0 Å². The molecule has 0 heterocycles. The van der Waals surface area contributed by atoms with E-state index in [-0.39, 0.29) is 11.3 Å². The summed E-state index contributed by atoms with van der Waals surface area (Å²) in [5, 5.41) is 31.4. The summed E-state index contributed by atoms with van der Waals surface area (Å²) in [6.07, 6.45) is 0.119. The molecule has 90 valence electrons. The predicted octanol–water partition coefficient (Wildman–Crippen LogP) is 1.65. The summed E-state index contributed by atoms with van der Waals surface area (Å²) < 4.78 is 0. The van der Waals surface area contributed by atoms with E-state index in [0.29, 0.717) is 18.7 Å². The molecule has 1 rings (SSSR count). The molecular formula is C11H13N3O3. The molecule has 0 radical (unpaired) electrons. The number of aliphatic hydroxyl groups is 1. The van der Waals surface area contributed by atoms with Gasteiger partial charge >= 0.3 is 0 Å². The van der Waals surface area contributed by atoms with Crippen molar-refractivity contribution in [2.45, 2.75) is 19.4 Å². The summed E-state index contributed by atoms with van der Waals surface area (Å²) in [4.78, 5) is 9.99. The Morgan fingerprint density at radius 2 is 2.35 bits per heavy atom. The van der Waals surface area contributed by atoms with Gasteiger partial charge in [0.1, 0.15) is 6.07 Å². The highest BCUT2D eigenvalue weighted by molar-refractivity contribution is 5.61. The summed E-state index contributed by atoms with van der Waals surface area (Å²) in [6, 6.07) is 5.96. The SMILES string of the molecule is CC(O)CCNc1ccc([N+](=O)[O-])cc1C#N. The predicted molar refractivity (Wildman–Crippen MR) is 62.6 cm³/mol. The molecule has 0 bridgehead atoms. The third-order valence-electron chi connectivity index (χ3n) is 2.21. The first kappa shape index (κ1) is 12.9. The maximum absolute atomic E-state index is 10.5. The number of nitro groups is 1. The summed E-state index contributed by atoms with van der Waals surface area (Å²) in [7, 11) is 0. The Morgan fingerprint density at radius 3 is 2.88 bits per heavy atom. The third-order valence-corrected chi connectivity index (χ3v) is 2.21. The van der Waals surface area contributed by atoms with Crippen molar-refractivity contribution >= 4 is 11.4 Å². The molecule has 1 unspecified atom stereocenters. The Hall–Kier alpha value is -2.13. The van der Waals surface area contributed by atoms with E-state index in [9.17, 15) is 10.1 Å². The minimum Gasteiger partial charge on any atom is -0.393 e. The molecule has 17 heavy (non-hydrogen) atoms. The van der Waals surface area contributed by atoms with E-state index in [2.05, 4.69) is 5.32 Å². The lowest BCUT2D eigenvalue weighted by Crippen LogP contribution is -2.10. The van der Waals surface area contributed by atoms with E-state index in [1.165, 1.54) is 18.2 Å². The van der Waals surface area contributed by atoms with Gasteiger partial charge in [-0.05, 0) is 19.4 Å². The molecule has 0 saturated heterocycles. The van der Waals surface area contributed by atoms with Gasteiger partial charge in [-0.25, -0.2) is 0 Å². The Balaban J connectivity index is 2.79. The smallest absolute Gasteiger partial charge is 0.270 e. The first-order valence-electron chi connectivity index (χ1n) is 5.15. The highest BCUT2D eigenvalue weighted by Gasteiger charge is 2.10.